The predicted molar refractivity (Wildman–Crippen MR) is 213 cm³/mol. The second kappa shape index (κ2) is 19.1. The number of aryl methyl sites for hydroxylation is 1. The molecule has 314 valence electrons. The van der Waals surface area contributed by atoms with Crippen molar-refractivity contribution in [2.75, 3.05) is 31.0 Å². The molecule has 16 heteroatoms. The van der Waals surface area contributed by atoms with Gasteiger partial charge in [0.1, 0.15) is 53.9 Å². The third kappa shape index (κ3) is 10.1. The molecule has 3 aromatic rings. The van der Waals surface area contributed by atoms with Crippen LogP contribution in [0, 0.1) is 6.92 Å². The largest absolute Gasteiger partial charge is 0.497 e. The van der Waals surface area contributed by atoms with Crippen LogP contribution in [0.25, 0.3) is 0 Å². The molecule has 0 spiro atoms. The average Bonchev–Trinajstić information content (AvgIpc) is 3.45. The van der Waals surface area contributed by atoms with E-state index in [4.69, 9.17) is 28.4 Å². The number of amides is 2. The van der Waals surface area contributed by atoms with Crippen molar-refractivity contribution in [3.05, 3.63) is 120 Å². The van der Waals surface area contributed by atoms with Crippen LogP contribution in [0.4, 0.5) is 11.4 Å². The Morgan fingerprint density at radius 2 is 1.49 bits per heavy atom. The first-order valence-electron chi connectivity index (χ1n) is 19.0. The number of benzene rings is 3. The molecule has 59 heavy (non-hydrogen) atoms. The van der Waals surface area contributed by atoms with Gasteiger partial charge < -0.3 is 64.4 Å². The molecule has 6 rings (SSSR count). The van der Waals surface area contributed by atoms with Crippen LogP contribution < -0.4 is 25.0 Å². The van der Waals surface area contributed by atoms with Crippen LogP contribution in [-0.2, 0) is 28.5 Å². The molecule has 0 aromatic heterocycles. The lowest BCUT2D eigenvalue weighted by atomic mass is 9.92. The van der Waals surface area contributed by atoms with E-state index < -0.39 is 79.6 Å². The molecule has 4 unspecified atom stereocenters. The highest BCUT2D eigenvalue weighted by molar-refractivity contribution is 6.11. The van der Waals surface area contributed by atoms with Crippen molar-refractivity contribution >= 4 is 29.0 Å². The number of nitrogens with one attached hydrogen (secondary N) is 2. The van der Waals surface area contributed by atoms with E-state index in [1.807, 2.05) is 31.2 Å². The van der Waals surface area contributed by atoms with Crippen molar-refractivity contribution in [1.29, 1.82) is 0 Å². The Morgan fingerprint density at radius 3 is 2.12 bits per heavy atom. The first-order chi connectivity index (χ1) is 28.3. The summed E-state index contributed by atoms with van der Waals surface area (Å²) in [4.78, 5) is 41.2. The molecule has 0 saturated carbocycles. The number of ketones is 1. The van der Waals surface area contributed by atoms with Crippen molar-refractivity contribution in [2.24, 2.45) is 0 Å². The lowest BCUT2D eigenvalue weighted by Crippen LogP contribution is -2.67. The Morgan fingerprint density at radius 1 is 0.814 bits per heavy atom. The summed E-state index contributed by atoms with van der Waals surface area (Å²) >= 11 is 0. The van der Waals surface area contributed by atoms with E-state index in [0.29, 0.717) is 39.8 Å². The van der Waals surface area contributed by atoms with Crippen LogP contribution in [0.1, 0.15) is 29.8 Å². The van der Waals surface area contributed by atoms with E-state index in [0.717, 1.165) is 5.56 Å². The third-order valence-corrected chi connectivity index (χ3v) is 10.2. The number of aliphatic hydroxyl groups is 4. The van der Waals surface area contributed by atoms with E-state index in [1.54, 1.807) is 92.0 Å². The summed E-state index contributed by atoms with van der Waals surface area (Å²) in [5.74, 6) is 0.202. The van der Waals surface area contributed by atoms with Crippen LogP contribution >= 0.6 is 0 Å². The second-order valence-electron chi connectivity index (χ2n) is 14.4. The molecule has 2 amide bonds. The second-order valence-corrected chi connectivity index (χ2v) is 14.4. The van der Waals surface area contributed by atoms with Gasteiger partial charge in [-0.2, -0.15) is 0 Å². The van der Waals surface area contributed by atoms with Gasteiger partial charge in [-0.3, -0.25) is 14.4 Å². The standard InChI is InChI=1S/C43H49N3O13/c1-23-6-15-31(16-7-23)57-32-19-10-27(35(49)26-8-17-30(54-4)18-9-26)20-46(21-32)29-13-11-28(12-14-29)45-42(53)41-40(55-5)37(51)38(52)43(59-41)58-39-34(44-25(3)48)24(2)56-33(22-47)36(39)50/h6-21,24,33-34,36-41,43,47,50-52H,22H2,1-5H3,(H,44,48)(H,45,53)/t24-,33?,34?,36-,37-,38?,39-,40+,41?,43-/m1/s1. The van der Waals surface area contributed by atoms with Gasteiger partial charge in [0, 0.05) is 42.7 Å². The van der Waals surface area contributed by atoms with Crippen LogP contribution in [0.2, 0.25) is 0 Å². The number of nitrogens with zero attached hydrogens (tertiary/aromatic N) is 1. The summed E-state index contributed by atoms with van der Waals surface area (Å²) < 4.78 is 34.4. The summed E-state index contributed by atoms with van der Waals surface area (Å²) in [6.07, 6.45) is -5.81. The number of allylic oxidation sites excluding steroid dienone is 3. The molecule has 2 fully saturated rings. The molecular formula is C43H49N3O13. The van der Waals surface area contributed by atoms with E-state index >= 15 is 0 Å². The maximum atomic E-state index is 13.8. The van der Waals surface area contributed by atoms with E-state index in [-0.39, 0.29) is 5.78 Å². The minimum atomic E-state index is -1.75. The fourth-order valence-corrected chi connectivity index (χ4v) is 6.97. The number of Topliss-reactive ketones (excluding diaryl/α,β-unsaturated/α-hetero) is 1. The molecule has 3 aliphatic heterocycles. The third-order valence-electron chi connectivity index (χ3n) is 10.2. The highest BCUT2D eigenvalue weighted by Crippen LogP contribution is 2.32. The van der Waals surface area contributed by atoms with Gasteiger partial charge in [0.2, 0.25) is 5.91 Å². The zero-order chi connectivity index (χ0) is 42.4. The molecule has 3 heterocycles. The Labute approximate surface area is 341 Å². The number of hydrogen-bond acceptors (Lipinski definition) is 14. The summed E-state index contributed by atoms with van der Waals surface area (Å²) in [5, 5.41) is 48.3. The van der Waals surface area contributed by atoms with Crippen LogP contribution in [0.15, 0.2) is 109 Å². The molecule has 0 bridgehead atoms. The molecular weight excluding hydrogens is 766 g/mol. The van der Waals surface area contributed by atoms with Crippen molar-refractivity contribution < 1.29 is 63.2 Å². The van der Waals surface area contributed by atoms with Gasteiger partial charge in [-0.25, -0.2) is 0 Å². The maximum absolute atomic E-state index is 13.8. The topological polar surface area (TPSA) is 215 Å². The maximum Gasteiger partial charge on any atom is 0.256 e. The van der Waals surface area contributed by atoms with Gasteiger partial charge in [0.25, 0.3) is 5.91 Å². The Kier molecular flexibility index (Phi) is 14.0. The number of anilines is 2. The zero-order valence-electron chi connectivity index (χ0n) is 33.1. The van der Waals surface area contributed by atoms with Crippen LogP contribution in [0.5, 0.6) is 11.5 Å². The Balaban J connectivity index is 1.22. The van der Waals surface area contributed by atoms with Crippen LogP contribution in [0.3, 0.4) is 0 Å². The number of ether oxygens (including phenoxy) is 6. The number of rotatable bonds is 13. The zero-order valence-corrected chi connectivity index (χ0v) is 33.1. The molecule has 2 saturated heterocycles. The fourth-order valence-electron chi connectivity index (χ4n) is 6.97. The molecule has 3 aromatic carbocycles. The van der Waals surface area contributed by atoms with Crippen molar-refractivity contribution in [3.8, 4) is 11.5 Å². The lowest BCUT2D eigenvalue weighted by Gasteiger charge is -2.47. The smallest absolute Gasteiger partial charge is 0.256 e. The summed E-state index contributed by atoms with van der Waals surface area (Å²) in [5.41, 5.74) is 2.81. The number of carbonyl (C=O) groups is 3. The van der Waals surface area contributed by atoms with Gasteiger partial charge in [0.05, 0.1) is 32.1 Å². The highest BCUT2D eigenvalue weighted by atomic mass is 16.7. The number of methoxy groups -OCH3 is 2. The molecule has 16 nitrogen and oxygen atoms in total. The lowest BCUT2D eigenvalue weighted by molar-refractivity contribution is -0.325. The van der Waals surface area contributed by atoms with Crippen molar-refractivity contribution in [1.82, 2.24) is 5.32 Å². The van der Waals surface area contributed by atoms with Crippen molar-refractivity contribution in [2.45, 2.75) is 81.9 Å². The predicted octanol–water partition coefficient (Wildman–Crippen LogP) is 2.50. The summed E-state index contributed by atoms with van der Waals surface area (Å²) in [7, 11) is 2.79. The Bertz CT molecular complexity index is 2040. The first-order valence-corrected chi connectivity index (χ1v) is 19.0. The van der Waals surface area contributed by atoms with Gasteiger partial charge in [-0.05, 0) is 86.7 Å². The molecule has 6 N–H and O–H groups in total. The van der Waals surface area contributed by atoms with E-state index in [2.05, 4.69) is 10.6 Å². The van der Waals surface area contributed by atoms with Crippen LogP contribution in [-0.4, -0.2) is 120 Å². The number of aliphatic hydroxyl groups excluding tert-OH is 4. The highest BCUT2D eigenvalue weighted by Gasteiger charge is 2.52. The van der Waals surface area contributed by atoms with Gasteiger partial charge in [-0.1, -0.05) is 17.7 Å². The van der Waals surface area contributed by atoms with E-state index in [9.17, 15) is 34.8 Å². The van der Waals surface area contributed by atoms with E-state index in [1.165, 1.54) is 14.0 Å². The van der Waals surface area contributed by atoms with Gasteiger partial charge in [0.15, 0.2) is 18.2 Å². The SMILES string of the molecule is COc1ccc(C(=O)C2=CN(c3ccc(NC(=O)C4O[C@@H](O[C@@H]5C(NC(C)=O)[C@@H](C)OC(CO)[C@H]5O)C(O)[C@@H](O)[C@@H]4OC)cc3)C=C(Oc3ccc(C)cc3)C=C2)cc1. The Hall–Kier alpha value is -5.43. The minimum absolute atomic E-state index is 0.239. The number of carbonyl (C=O) groups excluding carboxylic acids is 3. The van der Waals surface area contributed by atoms with Crippen molar-refractivity contribution in [3.63, 3.8) is 0 Å². The molecule has 10 atom stereocenters. The molecule has 0 radical (unpaired) electrons. The molecule has 3 aliphatic rings. The minimum Gasteiger partial charge on any atom is -0.497 e. The summed E-state index contributed by atoms with van der Waals surface area (Å²) in [6.45, 7) is 4.27. The molecule has 0 aliphatic carbocycles. The van der Waals surface area contributed by atoms with Gasteiger partial charge >= 0.3 is 0 Å². The van der Waals surface area contributed by atoms with Gasteiger partial charge in [-0.15, -0.1) is 0 Å². The fraction of sp³-hybridized carbons (Fsp3) is 0.372. The average molecular weight is 816 g/mol. The quantitative estimate of drug-likeness (QED) is 0.137. The normalized spacial score (nSPS) is 28.1. The summed E-state index contributed by atoms with van der Waals surface area (Å²) in [6, 6.07) is 20.0. The first kappa shape index (κ1) is 43.2. The monoisotopic (exact) mass is 815 g/mol. The number of hydrogen-bond donors (Lipinski definition) is 6.